The van der Waals surface area contributed by atoms with Crippen molar-refractivity contribution in [3.63, 3.8) is 0 Å². The summed E-state index contributed by atoms with van der Waals surface area (Å²) >= 11 is 0. The van der Waals surface area contributed by atoms with Gasteiger partial charge in [-0.2, -0.15) is 5.10 Å². The van der Waals surface area contributed by atoms with Gasteiger partial charge in [-0.3, -0.25) is 4.90 Å². The lowest BCUT2D eigenvalue weighted by molar-refractivity contribution is 0.243. The predicted octanol–water partition coefficient (Wildman–Crippen LogP) is 5.36. The fourth-order valence-corrected chi connectivity index (χ4v) is 5.43. The first kappa shape index (κ1) is 24.1. The Morgan fingerprint density at radius 3 is 2.31 bits per heavy atom. The van der Waals surface area contributed by atoms with Crippen molar-refractivity contribution < 1.29 is 0 Å². The van der Waals surface area contributed by atoms with E-state index in [1.54, 1.807) is 0 Å². The van der Waals surface area contributed by atoms with Crippen molar-refractivity contribution in [2.75, 3.05) is 37.6 Å². The molecule has 2 fully saturated rings. The van der Waals surface area contributed by atoms with Gasteiger partial charge in [0, 0.05) is 50.9 Å². The first-order valence-corrected chi connectivity index (χ1v) is 13.5. The van der Waals surface area contributed by atoms with Gasteiger partial charge in [-0.15, -0.1) is 0 Å². The van der Waals surface area contributed by atoms with E-state index in [9.17, 15) is 0 Å². The molecule has 3 aromatic rings. The maximum absolute atomic E-state index is 5.22. The normalized spacial score (nSPS) is 16.9. The first-order chi connectivity index (χ1) is 17.1. The molecule has 2 aromatic carbocycles. The van der Waals surface area contributed by atoms with Crippen LogP contribution >= 0.6 is 0 Å². The number of piperazine rings is 1. The minimum atomic E-state index is 0.685. The maximum atomic E-state index is 5.22. The molecule has 0 unspecified atom stereocenters. The minimum absolute atomic E-state index is 0.685. The molecule has 1 aliphatic carbocycles. The van der Waals surface area contributed by atoms with Crippen LogP contribution in [-0.4, -0.2) is 58.3 Å². The Morgan fingerprint density at radius 1 is 0.914 bits per heavy atom. The van der Waals surface area contributed by atoms with Gasteiger partial charge in [0.1, 0.15) is 5.82 Å². The van der Waals surface area contributed by atoms with Gasteiger partial charge in [0.15, 0.2) is 0 Å². The lowest BCUT2D eigenvalue weighted by atomic mass is 10.0. The summed E-state index contributed by atoms with van der Waals surface area (Å²) < 4.78 is 2.23. The van der Waals surface area contributed by atoms with Crippen LogP contribution in [0.2, 0.25) is 0 Å². The van der Waals surface area contributed by atoms with Crippen LogP contribution in [0.5, 0.6) is 0 Å². The standard InChI is InChI=1S/C30H41N5/c1-5-29-28(22-34(26-14-15-26)21-25-20-23(3)12-13-24(25)4)30(33-18-16-32(6-2)17-19-33)35(31-29)27-10-8-7-9-11-27/h7-13,20,26H,5-6,14-19,21-22H2,1-4H3. The Bertz CT molecular complexity index is 1120. The summed E-state index contributed by atoms with van der Waals surface area (Å²) in [6.45, 7) is 16.4. The molecule has 0 spiro atoms. The Kier molecular flexibility index (Phi) is 7.26. The average molecular weight is 472 g/mol. The number of anilines is 1. The molecule has 1 saturated carbocycles. The number of aromatic nitrogens is 2. The van der Waals surface area contributed by atoms with Crippen molar-refractivity contribution in [1.29, 1.82) is 0 Å². The van der Waals surface area contributed by atoms with Crippen LogP contribution in [-0.2, 0) is 19.5 Å². The highest BCUT2D eigenvalue weighted by Crippen LogP contribution is 2.35. The molecule has 1 aromatic heterocycles. The fraction of sp³-hybridized carbons (Fsp3) is 0.500. The maximum Gasteiger partial charge on any atom is 0.137 e. The second-order valence-electron chi connectivity index (χ2n) is 10.3. The average Bonchev–Trinajstić information content (AvgIpc) is 3.68. The molecule has 2 aliphatic rings. The molecule has 1 aliphatic heterocycles. The molecule has 0 amide bonds. The van der Waals surface area contributed by atoms with Gasteiger partial charge in [0.05, 0.1) is 11.4 Å². The van der Waals surface area contributed by atoms with Gasteiger partial charge in [0.2, 0.25) is 0 Å². The molecule has 5 nitrogen and oxygen atoms in total. The van der Waals surface area contributed by atoms with Crippen molar-refractivity contribution in [3.8, 4) is 5.69 Å². The molecule has 35 heavy (non-hydrogen) atoms. The van der Waals surface area contributed by atoms with Crippen molar-refractivity contribution in [1.82, 2.24) is 19.6 Å². The van der Waals surface area contributed by atoms with Crippen LogP contribution < -0.4 is 4.90 Å². The molecule has 0 bridgehead atoms. The number of likely N-dealkylation sites (N-methyl/N-ethyl adjacent to an activating group) is 1. The molecular formula is C30H41N5. The third-order valence-corrected chi connectivity index (χ3v) is 7.80. The number of benzene rings is 2. The van der Waals surface area contributed by atoms with Gasteiger partial charge >= 0.3 is 0 Å². The van der Waals surface area contributed by atoms with Crippen LogP contribution in [0.15, 0.2) is 48.5 Å². The van der Waals surface area contributed by atoms with Gasteiger partial charge in [-0.1, -0.05) is 55.8 Å². The van der Waals surface area contributed by atoms with Crippen molar-refractivity contribution in [2.45, 2.75) is 66.1 Å². The summed E-state index contributed by atoms with van der Waals surface area (Å²) in [5, 5.41) is 5.22. The minimum Gasteiger partial charge on any atom is -0.354 e. The lowest BCUT2D eigenvalue weighted by Crippen LogP contribution is -2.47. The van der Waals surface area contributed by atoms with E-state index >= 15 is 0 Å². The van der Waals surface area contributed by atoms with Crippen LogP contribution in [0.4, 0.5) is 5.82 Å². The predicted molar refractivity (Wildman–Crippen MR) is 145 cm³/mol. The molecule has 5 heteroatoms. The number of aryl methyl sites for hydroxylation is 3. The van der Waals surface area contributed by atoms with E-state index in [0.717, 1.165) is 57.9 Å². The second kappa shape index (κ2) is 10.5. The smallest absolute Gasteiger partial charge is 0.137 e. The van der Waals surface area contributed by atoms with E-state index in [-0.39, 0.29) is 0 Å². The van der Waals surface area contributed by atoms with E-state index in [0.29, 0.717) is 6.04 Å². The molecule has 0 radical (unpaired) electrons. The van der Waals surface area contributed by atoms with Crippen molar-refractivity contribution >= 4 is 5.82 Å². The zero-order chi connectivity index (χ0) is 24.4. The fourth-order valence-electron chi connectivity index (χ4n) is 5.43. The van der Waals surface area contributed by atoms with E-state index in [1.807, 2.05) is 0 Å². The van der Waals surface area contributed by atoms with Gasteiger partial charge in [0.25, 0.3) is 0 Å². The topological polar surface area (TPSA) is 27.5 Å². The Hall–Kier alpha value is -2.63. The summed E-state index contributed by atoms with van der Waals surface area (Å²) in [7, 11) is 0. The van der Waals surface area contributed by atoms with E-state index in [2.05, 4.69) is 95.6 Å². The molecule has 0 atom stereocenters. The Labute approximate surface area is 211 Å². The molecule has 1 saturated heterocycles. The molecular weight excluding hydrogens is 430 g/mol. The Balaban J connectivity index is 1.52. The number of nitrogens with zero attached hydrogens (tertiary/aromatic N) is 5. The zero-order valence-electron chi connectivity index (χ0n) is 22.0. The SMILES string of the molecule is CCc1nn(-c2ccccc2)c(N2CCN(CC)CC2)c1CN(Cc1cc(C)ccc1C)C1CC1. The molecule has 0 N–H and O–H groups in total. The van der Waals surface area contributed by atoms with Crippen LogP contribution in [0.3, 0.4) is 0 Å². The van der Waals surface area contributed by atoms with Crippen LogP contribution in [0, 0.1) is 13.8 Å². The quantitative estimate of drug-likeness (QED) is 0.420. The van der Waals surface area contributed by atoms with Crippen molar-refractivity contribution in [2.24, 2.45) is 0 Å². The zero-order valence-corrected chi connectivity index (χ0v) is 22.0. The summed E-state index contributed by atoms with van der Waals surface area (Å²) in [5.41, 5.74) is 8.04. The van der Waals surface area contributed by atoms with Crippen LogP contribution in [0.25, 0.3) is 5.69 Å². The monoisotopic (exact) mass is 471 g/mol. The number of hydrogen-bond acceptors (Lipinski definition) is 4. The van der Waals surface area contributed by atoms with E-state index < -0.39 is 0 Å². The third-order valence-electron chi connectivity index (χ3n) is 7.80. The highest BCUT2D eigenvalue weighted by atomic mass is 15.4. The summed E-state index contributed by atoms with van der Waals surface area (Å²) in [6.07, 6.45) is 3.58. The number of hydrogen-bond donors (Lipinski definition) is 0. The van der Waals surface area contributed by atoms with Gasteiger partial charge in [-0.05, 0) is 62.9 Å². The molecule has 2 heterocycles. The second-order valence-corrected chi connectivity index (χ2v) is 10.3. The van der Waals surface area contributed by atoms with Crippen molar-refractivity contribution in [3.05, 3.63) is 76.5 Å². The van der Waals surface area contributed by atoms with E-state index in [1.165, 1.54) is 46.6 Å². The molecule has 5 rings (SSSR count). The third kappa shape index (κ3) is 5.31. The highest BCUT2D eigenvalue weighted by molar-refractivity contribution is 5.56. The number of para-hydroxylation sites is 1. The summed E-state index contributed by atoms with van der Waals surface area (Å²) in [4.78, 5) is 7.87. The summed E-state index contributed by atoms with van der Waals surface area (Å²) in [5.74, 6) is 1.32. The Morgan fingerprint density at radius 2 is 1.66 bits per heavy atom. The first-order valence-electron chi connectivity index (χ1n) is 13.5. The highest BCUT2D eigenvalue weighted by Gasteiger charge is 2.33. The van der Waals surface area contributed by atoms with Gasteiger partial charge in [-0.25, -0.2) is 4.68 Å². The van der Waals surface area contributed by atoms with E-state index in [4.69, 9.17) is 5.10 Å². The van der Waals surface area contributed by atoms with Gasteiger partial charge < -0.3 is 9.80 Å². The largest absolute Gasteiger partial charge is 0.354 e. The lowest BCUT2D eigenvalue weighted by Gasteiger charge is -2.36. The number of rotatable bonds is 9. The summed E-state index contributed by atoms with van der Waals surface area (Å²) in [6, 6.07) is 18.3. The molecule has 186 valence electrons. The van der Waals surface area contributed by atoms with Crippen LogP contribution in [0.1, 0.15) is 54.6 Å².